The van der Waals surface area contributed by atoms with E-state index in [0.29, 0.717) is 6.42 Å². The molecule has 0 aliphatic rings. The summed E-state index contributed by atoms with van der Waals surface area (Å²) in [6, 6.07) is 0. The summed E-state index contributed by atoms with van der Waals surface area (Å²) in [5, 5.41) is 0. The van der Waals surface area contributed by atoms with E-state index in [9.17, 15) is 4.79 Å². The van der Waals surface area contributed by atoms with Gasteiger partial charge in [-0.05, 0) is 25.8 Å². The van der Waals surface area contributed by atoms with Gasteiger partial charge in [0.25, 0.3) is 0 Å². The highest BCUT2D eigenvalue weighted by Crippen LogP contribution is 2.14. The van der Waals surface area contributed by atoms with Crippen LogP contribution in [-0.2, 0) is 0 Å². The van der Waals surface area contributed by atoms with E-state index in [2.05, 4.69) is 4.98 Å². The fourth-order valence-corrected chi connectivity index (χ4v) is 1.44. The van der Waals surface area contributed by atoms with Crippen LogP contribution >= 0.6 is 0 Å². The molecule has 0 saturated carbocycles. The Morgan fingerprint density at radius 2 is 2.17 bits per heavy atom. The van der Waals surface area contributed by atoms with Crippen LogP contribution in [0, 0.1) is 13.8 Å². The van der Waals surface area contributed by atoms with E-state index in [0.717, 1.165) is 23.2 Å². The molecule has 2 heteroatoms. The number of ketones is 1. The number of carbonyl (C=O) groups is 1. The minimum Gasteiger partial charge on any atom is -0.364 e. The van der Waals surface area contributed by atoms with Crippen molar-refractivity contribution in [3.63, 3.8) is 0 Å². The number of H-pyrrole nitrogens is 1. The van der Waals surface area contributed by atoms with Crippen molar-refractivity contribution in [2.75, 3.05) is 0 Å². The third kappa shape index (κ3) is 1.58. The van der Waals surface area contributed by atoms with Gasteiger partial charge in [0.1, 0.15) is 0 Å². The smallest absolute Gasteiger partial charge is 0.164 e. The number of nitrogens with one attached hydrogen (secondary N) is 1. The second-order valence-electron chi connectivity index (χ2n) is 3.14. The molecule has 2 nitrogen and oxygen atoms in total. The number of Topliss-reactive ketones (excluding diaryl/α,β-unsaturated/α-hetero) is 1. The molecule has 0 saturated heterocycles. The summed E-state index contributed by atoms with van der Waals surface area (Å²) in [6.45, 7) is 5.93. The maximum absolute atomic E-state index is 11.5. The summed E-state index contributed by atoms with van der Waals surface area (Å²) in [5.74, 6) is 0.258. The van der Waals surface area contributed by atoms with Crippen LogP contribution in [0.1, 0.15) is 41.4 Å². The first-order chi connectivity index (χ1) is 5.66. The molecule has 0 aliphatic heterocycles. The third-order valence-electron chi connectivity index (χ3n) is 2.03. The number of aromatic nitrogens is 1. The van der Waals surface area contributed by atoms with Gasteiger partial charge in [0.2, 0.25) is 0 Å². The van der Waals surface area contributed by atoms with Crippen molar-refractivity contribution in [2.24, 2.45) is 0 Å². The molecule has 0 spiro atoms. The SMILES string of the molecule is CCCC(=O)c1c(C)c[nH]c1C. The molecule has 0 fully saturated rings. The first-order valence-electron chi connectivity index (χ1n) is 4.34. The first-order valence-corrected chi connectivity index (χ1v) is 4.34. The summed E-state index contributed by atoms with van der Waals surface area (Å²) < 4.78 is 0. The molecule has 0 atom stereocenters. The molecule has 1 heterocycles. The minimum atomic E-state index is 0.258. The Hall–Kier alpha value is -1.05. The highest BCUT2D eigenvalue weighted by Gasteiger charge is 2.11. The summed E-state index contributed by atoms with van der Waals surface area (Å²) in [7, 11) is 0. The van der Waals surface area contributed by atoms with Gasteiger partial charge in [-0.3, -0.25) is 4.79 Å². The van der Waals surface area contributed by atoms with Crippen molar-refractivity contribution in [3.05, 3.63) is 23.0 Å². The predicted octanol–water partition coefficient (Wildman–Crippen LogP) is 2.61. The van der Waals surface area contributed by atoms with Crippen molar-refractivity contribution >= 4 is 5.78 Å². The second kappa shape index (κ2) is 3.57. The zero-order valence-electron chi connectivity index (χ0n) is 7.90. The second-order valence-corrected chi connectivity index (χ2v) is 3.14. The Kier molecular flexibility index (Phi) is 2.69. The topological polar surface area (TPSA) is 32.9 Å². The molecule has 0 unspecified atom stereocenters. The van der Waals surface area contributed by atoms with Gasteiger partial charge < -0.3 is 4.98 Å². The van der Waals surface area contributed by atoms with Crippen LogP contribution in [-0.4, -0.2) is 10.8 Å². The Morgan fingerprint density at radius 1 is 1.50 bits per heavy atom. The molecular weight excluding hydrogens is 150 g/mol. The van der Waals surface area contributed by atoms with Crippen LogP contribution in [0.2, 0.25) is 0 Å². The number of rotatable bonds is 3. The third-order valence-corrected chi connectivity index (χ3v) is 2.03. The molecule has 0 aromatic carbocycles. The van der Waals surface area contributed by atoms with Crippen LogP contribution in [0.25, 0.3) is 0 Å². The molecule has 0 bridgehead atoms. The molecule has 1 rings (SSSR count). The Labute approximate surface area is 73.0 Å². The molecule has 1 aromatic heterocycles. The van der Waals surface area contributed by atoms with E-state index >= 15 is 0 Å². The van der Waals surface area contributed by atoms with Crippen LogP contribution < -0.4 is 0 Å². The molecule has 1 aromatic rings. The van der Waals surface area contributed by atoms with E-state index in [4.69, 9.17) is 0 Å². The summed E-state index contributed by atoms with van der Waals surface area (Å²) in [6.07, 6.45) is 3.46. The van der Waals surface area contributed by atoms with Gasteiger partial charge in [0, 0.05) is 23.9 Å². The van der Waals surface area contributed by atoms with Gasteiger partial charge in [-0.25, -0.2) is 0 Å². The van der Waals surface area contributed by atoms with E-state index in [1.54, 1.807) is 0 Å². The highest BCUT2D eigenvalue weighted by molar-refractivity contribution is 5.98. The first kappa shape index (κ1) is 9.04. The largest absolute Gasteiger partial charge is 0.364 e. The number of aromatic amines is 1. The van der Waals surface area contributed by atoms with Gasteiger partial charge in [-0.15, -0.1) is 0 Å². The lowest BCUT2D eigenvalue weighted by Crippen LogP contribution is -2.00. The highest BCUT2D eigenvalue weighted by atomic mass is 16.1. The molecule has 0 amide bonds. The van der Waals surface area contributed by atoms with Gasteiger partial charge in [0.05, 0.1) is 0 Å². The van der Waals surface area contributed by atoms with Gasteiger partial charge >= 0.3 is 0 Å². The van der Waals surface area contributed by atoms with Crippen LogP contribution in [0.15, 0.2) is 6.20 Å². The van der Waals surface area contributed by atoms with E-state index in [1.807, 2.05) is 27.0 Å². The molecule has 66 valence electrons. The van der Waals surface area contributed by atoms with Crippen molar-refractivity contribution in [2.45, 2.75) is 33.6 Å². The van der Waals surface area contributed by atoms with Crippen LogP contribution in [0.5, 0.6) is 0 Å². The molecule has 12 heavy (non-hydrogen) atoms. The molecule has 0 aliphatic carbocycles. The van der Waals surface area contributed by atoms with Crippen molar-refractivity contribution in [3.8, 4) is 0 Å². The quantitative estimate of drug-likeness (QED) is 0.686. The molecular formula is C10H15NO. The fraction of sp³-hybridized carbons (Fsp3) is 0.500. The fourth-order valence-electron chi connectivity index (χ4n) is 1.44. The standard InChI is InChI=1S/C10H15NO/c1-4-5-9(12)10-7(2)6-11-8(10)3/h6,11H,4-5H2,1-3H3. The lowest BCUT2D eigenvalue weighted by molar-refractivity contribution is 0.0981. The Morgan fingerprint density at radius 3 is 2.58 bits per heavy atom. The number of hydrogen-bond donors (Lipinski definition) is 1. The normalized spacial score (nSPS) is 10.2. The van der Waals surface area contributed by atoms with Crippen molar-refractivity contribution in [1.29, 1.82) is 0 Å². The Bertz CT molecular complexity index is 267. The summed E-state index contributed by atoms with van der Waals surface area (Å²) in [5.41, 5.74) is 2.94. The van der Waals surface area contributed by atoms with Crippen LogP contribution in [0.4, 0.5) is 0 Å². The van der Waals surface area contributed by atoms with E-state index in [-0.39, 0.29) is 5.78 Å². The Balaban J connectivity index is 2.93. The maximum Gasteiger partial charge on any atom is 0.164 e. The number of hydrogen-bond acceptors (Lipinski definition) is 1. The summed E-state index contributed by atoms with van der Waals surface area (Å²) in [4.78, 5) is 14.6. The van der Waals surface area contributed by atoms with E-state index < -0.39 is 0 Å². The lowest BCUT2D eigenvalue weighted by Gasteiger charge is -1.98. The van der Waals surface area contributed by atoms with Gasteiger partial charge in [-0.1, -0.05) is 6.92 Å². The average molecular weight is 165 g/mol. The van der Waals surface area contributed by atoms with Crippen molar-refractivity contribution in [1.82, 2.24) is 4.98 Å². The monoisotopic (exact) mass is 165 g/mol. The molecule has 0 radical (unpaired) electrons. The zero-order chi connectivity index (χ0) is 9.14. The number of aryl methyl sites for hydroxylation is 2. The maximum atomic E-state index is 11.5. The van der Waals surface area contributed by atoms with Gasteiger partial charge in [0.15, 0.2) is 5.78 Å². The van der Waals surface area contributed by atoms with Crippen molar-refractivity contribution < 1.29 is 4.79 Å². The average Bonchev–Trinajstić information content (AvgIpc) is 2.32. The minimum absolute atomic E-state index is 0.258. The summed E-state index contributed by atoms with van der Waals surface area (Å²) >= 11 is 0. The lowest BCUT2D eigenvalue weighted by atomic mass is 10.0. The number of carbonyl (C=O) groups excluding carboxylic acids is 1. The van der Waals surface area contributed by atoms with Gasteiger partial charge in [-0.2, -0.15) is 0 Å². The van der Waals surface area contributed by atoms with Crippen LogP contribution in [0.3, 0.4) is 0 Å². The molecule has 1 N–H and O–H groups in total. The van der Waals surface area contributed by atoms with E-state index in [1.165, 1.54) is 0 Å². The zero-order valence-corrected chi connectivity index (χ0v) is 7.90. The predicted molar refractivity (Wildman–Crippen MR) is 49.5 cm³/mol.